The Morgan fingerprint density at radius 2 is 1.14 bits per heavy atom. The number of hydrogen-bond donors (Lipinski definition) is 0. The summed E-state index contributed by atoms with van der Waals surface area (Å²) in [5.74, 6) is 0. The van der Waals surface area contributed by atoms with E-state index < -0.39 is 0 Å². The maximum absolute atomic E-state index is 2.55. The Kier molecular flexibility index (Phi) is 4.06. The van der Waals surface area contributed by atoms with Gasteiger partial charge in [0.15, 0.2) is 0 Å². The summed E-state index contributed by atoms with van der Waals surface area (Å²) in [6.45, 7) is 4.74. The fraction of sp³-hybridized carbons (Fsp3) is 0.0732. The Morgan fingerprint density at radius 1 is 0.452 bits per heavy atom. The van der Waals surface area contributed by atoms with E-state index in [4.69, 9.17) is 0 Å². The van der Waals surface area contributed by atoms with Gasteiger partial charge in [0.05, 0.1) is 11.0 Å². The minimum absolute atomic E-state index is 0.0582. The van der Waals surface area contributed by atoms with Crippen LogP contribution in [0.4, 0.5) is 0 Å². The molecule has 1 heteroatoms. The Morgan fingerprint density at radius 3 is 2.02 bits per heavy atom. The van der Waals surface area contributed by atoms with Crippen LogP contribution >= 0.6 is 0 Å². The van der Waals surface area contributed by atoms with Crippen molar-refractivity contribution in [1.29, 1.82) is 0 Å². The van der Waals surface area contributed by atoms with Crippen LogP contribution in [0.3, 0.4) is 0 Å². The van der Waals surface area contributed by atoms with Crippen molar-refractivity contribution in [1.82, 2.24) is 4.57 Å². The minimum atomic E-state index is -0.0582. The van der Waals surface area contributed by atoms with Crippen molar-refractivity contribution in [2.45, 2.75) is 19.3 Å². The van der Waals surface area contributed by atoms with Gasteiger partial charge in [-0.25, -0.2) is 0 Å². The van der Waals surface area contributed by atoms with E-state index >= 15 is 0 Å². The predicted molar refractivity (Wildman–Crippen MR) is 178 cm³/mol. The summed E-state index contributed by atoms with van der Waals surface area (Å²) in [7, 11) is 0. The van der Waals surface area contributed by atoms with E-state index in [1.807, 2.05) is 0 Å². The van der Waals surface area contributed by atoms with E-state index in [0.717, 1.165) is 0 Å². The van der Waals surface area contributed by atoms with Gasteiger partial charge < -0.3 is 4.57 Å². The molecule has 0 saturated carbocycles. The van der Waals surface area contributed by atoms with Crippen molar-refractivity contribution in [2.24, 2.45) is 0 Å². The smallest absolute Gasteiger partial charge is 0.0619 e. The Balaban J connectivity index is 1.39. The quantitative estimate of drug-likeness (QED) is 0.198. The Hall–Kier alpha value is -5.14. The molecule has 2 aliphatic carbocycles. The number of nitrogens with zero attached hydrogens (tertiary/aromatic N) is 1. The molecule has 8 aromatic rings. The van der Waals surface area contributed by atoms with Gasteiger partial charge in [-0.15, -0.1) is 0 Å². The molecule has 2 aliphatic rings. The molecule has 196 valence electrons. The third kappa shape index (κ3) is 2.61. The molecule has 0 N–H and O–H groups in total. The largest absolute Gasteiger partial charge is 0.309 e. The van der Waals surface area contributed by atoms with Gasteiger partial charge >= 0.3 is 0 Å². The van der Waals surface area contributed by atoms with Crippen molar-refractivity contribution in [3.05, 3.63) is 139 Å². The maximum atomic E-state index is 2.55. The zero-order valence-electron chi connectivity index (χ0n) is 23.6. The van der Waals surface area contributed by atoms with Gasteiger partial charge in [0.25, 0.3) is 0 Å². The standard InChI is InChI=1S/C41H27N/c1-41(2)35-17-8-7-14-29(35)30-21-19-25(22-36(30)41)42-37-23-34-28-13-6-5-12-27(28)31-15-9-16-32(38(31)34)39(37)33-20-18-24-10-3-4-11-26(24)40(33)42/h3-23H,1-2H3. The average molecular weight is 534 g/mol. The van der Waals surface area contributed by atoms with E-state index in [1.54, 1.807) is 0 Å². The molecule has 0 fully saturated rings. The van der Waals surface area contributed by atoms with Crippen LogP contribution in [-0.2, 0) is 5.41 Å². The molecular formula is C41H27N. The highest BCUT2D eigenvalue weighted by atomic mass is 15.0. The Bertz CT molecular complexity index is 2490. The van der Waals surface area contributed by atoms with Crippen molar-refractivity contribution in [3.63, 3.8) is 0 Å². The van der Waals surface area contributed by atoms with Gasteiger partial charge in [-0.3, -0.25) is 0 Å². The topological polar surface area (TPSA) is 4.93 Å². The first-order valence-corrected chi connectivity index (χ1v) is 14.9. The zero-order chi connectivity index (χ0) is 27.7. The predicted octanol–water partition coefficient (Wildman–Crippen LogP) is 11.0. The second-order valence-electron chi connectivity index (χ2n) is 12.5. The lowest BCUT2D eigenvalue weighted by Crippen LogP contribution is -2.15. The fourth-order valence-electron chi connectivity index (χ4n) is 8.24. The van der Waals surface area contributed by atoms with Crippen LogP contribution in [-0.4, -0.2) is 4.57 Å². The minimum Gasteiger partial charge on any atom is -0.309 e. The third-order valence-electron chi connectivity index (χ3n) is 10.1. The van der Waals surface area contributed by atoms with Crippen LogP contribution in [0, 0.1) is 0 Å². The van der Waals surface area contributed by atoms with Crippen molar-refractivity contribution in [2.75, 3.05) is 0 Å². The molecule has 0 radical (unpaired) electrons. The van der Waals surface area contributed by atoms with Crippen LogP contribution in [0.25, 0.3) is 82.4 Å². The van der Waals surface area contributed by atoms with Gasteiger partial charge in [-0.1, -0.05) is 123 Å². The molecule has 42 heavy (non-hydrogen) atoms. The number of fused-ring (bicyclic) bond motifs is 12. The SMILES string of the molecule is CC1(C)c2ccccc2-c2ccc(-n3c4cc5c6c(cccc6c4c4ccc6ccccc6c43)-c3ccccc3-5)cc21. The molecule has 0 bridgehead atoms. The van der Waals surface area contributed by atoms with Gasteiger partial charge in [-0.05, 0) is 78.9 Å². The molecule has 0 aliphatic heterocycles. The van der Waals surface area contributed by atoms with Crippen molar-refractivity contribution in [3.8, 4) is 39.1 Å². The lowest BCUT2D eigenvalue weighted by molar-refractivity contribution is 0.660. The molecule has 1 heterocycles. The van der Waals surface area contributed by atoms with Crippen LogP contribution < -0.4 is 0 Å². The van der Waals surface area contributed by atoms with E-state index in [0.29, 0.717) is 0 Å². The second kappa shape index (κ2) is 7.57. The van der Waals surface area contributed by atoms with Gasteiger partial charge in [0.1, 0.15) is 0 Å². The molecule has 0 unspecified atom stereocenters. The van der Waals surface area contributed by atoms with Crippen molar-refractivity contribution >= 4 is 43.4 Å². The first-order chi connectivity index (χ1) is 20.6. The fourth-order valence-corrected chi connectivity index (χ4v) is 8.24. The van der Waals surface area contributed by atoms with Crippen LogP contribution in [0.15, 0.2) is 127 Å². The van der Waals surface area contributed by atoms with Crippen LogP contribution in [0.2, 0.25) is 0 Å². The van der Waals surface area contributed by atoms with Gasteiger partial charge in [0, 0.05) is 27.3 Å². The first kappa shape index (κ1) is 22.5. The van der Waals surface area contributed by atoms with Gasteiger partial charge in [0.2, 0.25) is 0 Å². The summed E-state index contributed by atoms with van der Waals surface area (Å²) in [5, 5.41) is 7.93. The molecule has 1 aromatic heterocycles. The Labute approximate surface area is 244 Å². The highest BCUT2D eigenvalue weighted by Gasteiger charge is 2.35. The zero-order valence-corrected chi connectivity index (χ0v) is 23.6. The highest BCUT2D eigenvalue weighted by molar-refractivity contribution is 6.31. The molecule has 0 spiro atoms. The summed E-state index contributed by atoms with van der Waals surface area (Å²) >= 11 is 0. The molecule has 0 atom stereocenters. The van der Waals surface area contributed by atoms with E-state index in [9.17, 15) is 0 Å². The van der Waals surface area contributed by atoms with E-state index in [1.165, 1.54) is 93.5 Å². The number of hydrogen-bond acceptors (Lipinski definition) is 0. The average Bonchev–Trinajstić information content (AvgIpc) is 3.62. The monoisotopic (exact) mass is 533 g/mol. The van der Waals surface area contributed by atoms with Gasteiger partial charge in [-0.2, -0.15) is 0 Å². The lowest BCUT2D eigenvalue weighted by atomic mass is 9.82. The number of rotatable bonds is 1. The summed E-state index contributed by atoms with van der Waals surface area (Å²) in [6.07, 6.45) is 0. The maximum Gasteiger partial charge on any atom is 0.0619 e. The third-order valence-corrected chi connectivity index (χ3v) is 10.1. The van der Waals surface area contributed by atoms with Crippen molar-refractivity contribution < 1.29 is 0 Å². The number of aromatic nitrogens is 1. The highest BCUT2D eigenvalue weighted by Crippen LogP contribution is 2.53. The molecule has 7 aromatic carbocycles. The molecule has 10 rings (SSSR count). The van der Waals surface area contributed by atoms with E-state index in [2.05, 4.69) is 146 Å². The molecule has 1 nitrogen and oxygen atoms in total. The summed E-state index contributed by atoms with van der Waals surface area (Å²) < 4.78 is 2.55. The first-order valence-electron chi connectivity index (χ1n) is 14.9. The summed E-state index contributed by atoms with van der Waals surface area (Å²) in [6, 6.07) is 47.8. The van der Waals surface area contributed by atoms with E-state index in [-0.39, 0.29) is 5.41 Å². The summed E-state index contributed by atoms with van der Waals surface area (Å²) in [5.41, 5.74) is 14.6. The molecular weight excluding hydrogens is 506 g/mol. The second-order valence-corrected chi connectivity index (χ2v) is 12.5. The van der Waals surface area contributed by atoms with Crippen LogP contribution in [0.5, 0.6) is 0 Å². The molecule has 0 amide bonds. The normalized spacial score (nSPS) is 14.1. The number of benzene rings is 7. The van der Waals surface area contributed by atoms with Crippen LogP contribution in [0.1, 0.15) is 25.0 Å². The summed E-state index contributed by atoms with van der Waals surface area (Å²) in [4.78, 5) is 0. The lowest BCUT2D eigenvalue weighted by Gasteiger charge is -2.22. The molecule has 0 saturated heterocycles.